The summed E-state index contributed by atoms with van der Waals surface area (Å²) in [6, 6.07) is 11.1. The number of piperazine rings is 1. The Morgan fingerprint density at radius 2 is 1.78 bits per heavy atom. The SMILES string of the molecule is C#Cc1cccc2cc(O)cc(-c3c(F)cc4c(N5CC6CCC(C5)N6)nc(OCC5(CN6C7CCC6CC(CO)C7)CC5)nc4c3F)c12. The Kier molecular flexibility index (Phi) is 7.45. The summed E-state index contributed by atoms with van der Waals surface area (Å²) < 4.78 is 39.7. The molecule has 1 saturated carbocycles. The molecule has 49 heavy (non-hydrogen) atoms. The molecule has 4 unspecified atom stereocenters. The highest BCUT2D eigenvalue weighted by atomic mass is 19.1. The first-order valence-electron chi connectivity index (χ1n) is 17.7. The van der Waals surface area contributed by atoms with Crippen molar-refractivity contribution in [2.24, 2.45) is 11.3 Å². The van der Waals surface area contributed by atoms with Crippen LogP contribution in [0.4, 0.5) is 14.6 Å². The number of ether oxygens (including phenoxy) is 1. The van der Waals surface area contributed by atoms with Gasteiger partial charge in [0.25, 0.3) is 0 Å². The number of hydrogen-bond acceptors (Lipinski definition) is 8. The first kappa shape index (κ1) is 31.0. The molecule has 10 heteroatoms. The normalized spacial score (nSPS) is 27.1. The first-order valence-corrected chi connectivity index (χ1v) is 17.7. The summed E-state index contributed by atoms with van der Waals surface area (Å²) >= 11 is 0. The molecule has 5 fully saturated rings. The Labute approximate surface area is 284 Å². The maximum atomic E-state index is 17.0. The number of phenols is 1. The predicted molar refractivity (Wildman–Crippen MR) is 185 cm³/mol. The van der Waals surface area contributed by atoms with Crippen molar-refractivity contribution in [3.8, 4) is 35.2 Å². The molecule has 4 saturated heterocycles. The highest BCUT2D eigenvalue weighted by Gasteiger charge is 2.50. The van der Waals surface area contributed by atoms with Gasteiger partial charge in [-0.3, -0.25) is 4.90 Å². The second-order valence-electron chi connectivity index (χ2n) is 15.2. The molecule has 4 aliphatic heterocycles. The van der Waals surface area contributed by atoms with Gasteiger partial charge in [0.1, 0.15) is 22.9 Å². The number of aromatic hydroxyl groups is 1. The smallest absolute Gasteiger partial charge is 0.319 e. The summed E-state index contributed by atoms with van der Waals surface area (Å²) in [5.74, 6) is 1.75. The van der Waals surface area contributed by atoms with Crippen molar-refractivity contribution in [3.63, 3.8) is 0 Å². The molecular weight excluding hydrogens is 624 g/mol. The molecule has 4 aromatic rings. The summed E-state index contributed by atoms with van der Waals surface area (Å²) in [5, 5.41) is 25.4. The third-order valence-electron chi connectivity index (χ3n) is 12.0. The average Bonchev–Trinajstić information content (AvgIpc) is 3.74. The van der Waals surface area contributed by atoms with E-state index in [2.05, 4.69) is 26.0 Å². The standard InChI is InChI=1S/C39H41F2N5O3/c1-2-23-4-3-5-24-14-29(48)15-30(33(23)24)34-32(40)16-31-36(35(34)41)43-38(44-37(31)45-17-25-6-7-26(18-45)42-25)49-21-39(10-11-39)20-46-27-8-9-28(46)13-22(12-27)19-47/h1,3-5,14-16,22,25-28,42,47-48H,6-13,17-21H2. The molecule has 0 radical (unpaired) electrons. The topological polar surface area (TPSA) is 94.0 Å². The van der Waals surface area contributed by atoms with E-state index in [0.29, 0.717) is 65.2 Å². The third-order valence-corrected chi connectivity index (χ3v) is 12.0. The van der Waals surface area contributed by atoms with Gasteiger partial charge in [0.15, 0.2) is 5.82 Å². The average molecular weight is 666 g/mol. The van der Waals surface area contributed by atoms with Crippen LogP contribution in [0.25, 0.3) is 32.8 Å². The molecule has 4 bridgehead atoms. The Balaban J connectivity index is 1.11. The fraction of sp³-hybridized carbons (Fsp3) is 0.487. The van der Waals surface area contributed by atoms with Crippen molar-refractivity contribution >= 4 is 27.5 Å². The van der Waals surface area contributed by atoms with E-state index in [-0.39, 0.29) is 52.5 Å². The van der Waals surface area contributed by atoms with Crippen LogP contribution in [0.1, 0.15) is 56.9 Å². The second-order valence-corrected chi connectivity index (χ2v) is 15.2. The quantitative estimate of drug-likeness (QED) is 0.205. The van der Waals surface area contributed by atoms with Gasteiger partial charge in [-0.2, -0.15) is 9.97 Å². The van der Waals surface area contributed by atoms with E-state index in [1.54, 1.807) is 18.2 Å². The van der Waals surface area contributed by atoms with E-state index in [0.717, 1.165) is 45.1 Å². The van der Waals surface area contributed by atoms with Crippen LogP contribution in [0.5, 0.6) is 11.8 Å². The molecule has 254 valence electrons. The number of anilines is 1. The number of phenolic OH excluding ortho intramolecular Hbond substituents is 1. The number of aromatic nitrogens is 2. The Morgan fingerprint density at radius 3 is 2.47 bits per heavy atom. The van der Waals surface area contributed by atoms with E-state index in [4.69, 9.17) is 16.1 Å². The summed E-state index contributed by atoms with van der Waals surface area (Å²) in [4.78, 5) is 14.3. The monoisotopic (exact) mass is 665 g/mol. The lowest BCUT2D eigenvalue weighted by Crippen LogP contribution is -2.51. The minimum atomic E-state index is -0.843. The van der Waals surface area contributed by atoms with Crippen LogP contribution in [0.3, 0.4) is 0 Å². The molecule has 3 N–H and O–H groups in total. The van der Waals surface area contributed by atoms with E-state index in [1.807, 2.05) is 0 Å². The van der Waals surface area contributed by atoms with Crippen LogP contribution in [-0.4, -0.2) is 82.1 Å². The number of terminal acetylenes is 1. The van der Waals surface area contributed by atoms with Gasteiger partial charge in [0.05, 0.1) is 12.2 Å². The van der Waals surface area contributed by atoms with Gasteiger partial charge in [0.2, 0.25) is 0 Å². The number of aliphatic hydroxyl groups is 1. The molecular formula is C39H41F2N5O3. The maximum Gasteiger partial charge on any atom is 0.319 e. The molecule has 5 aliphatic rings. The van der Waals surface area contributed by atoms with Gasteiger partial charge in [0, 0.05) is 77.7 Å². The Bertz CT molecular complexity index is 1990. The maximum absolute atomic E-state index is 17.0. The van der Waals surface area contributed by atoms with E-state index < -0.39 is 11.6 Å². The van der Waals surface area contributed by atoms with Gasteiger partial charge in [-0.15, -0.1) is 6.42 Å². The van der Waals surface area contributed by atoms with Crippen LogP contribution >= 0.6 is 0 Å². The fourth-order valence-electron chi connectivity index (χ4n) is 9.34. The largest absolute Gasteiger partial charge is 0.508 e. The molecule has 1 aliphatic carbocycles. The molecule has 0 amide bonds. The lowest BCUT2D eigenvalue weighted by molar-refractivity contribution is 0.0474. The number of fused-ring (bicyclic) bond motifs is 6. The van der Waals surface area contributed by atoms with Gasteiger partial charge < -0.3 is 25.2 Å². The zero-order chi connectivity index (χ0) is 33.4. The van der Waals surface area contributed by atoms with Crippen LogP contribution in [-0.2, 0) is 0 Å². The highest BCUT2D eigenvalue weighted by molar-refractivity contribution is 6.04. The van der Waals surface area contributed by atoms with Crippen LogP contribution in [0, 0.1) is 35.3 Å². The van der Waals surface area contributed by atoms with Crippen LogP contribution < -0.4 is 15.0 Å². The number of nitrogens with zero attached hydrogens (tertiary/aromatic N) is 4. The fourth-order valence-corrected chi connectivity index (χ4v) is 9.34. The minimum Gasteiger partial charge on any atom is -0.508 e. The number of aliphatic hydroxyl groups excluding tert-OH is 1. The third kappa shape index (κ3) is 5.38. The summed E-state index contributed by atoms with van der Waals surface area (Å²) in [6.45, 7) is 2.97. The van der Waals surface area contributed by atoms with Crippen molar-refractivity contribution < 1.29 is 23.7 Å². The summed E-state index contributed by atoms with van der Waals surface area (Å²) in [6.07, 6.45) is 14.4. The molecule has 5 heterocycles. The van der Waals surface area contributed by atoms with E-state index in [1.165, 1.54) is 31.0 Å². The van der Waals surface area contributed by atoms with Crippen LogP contribution in [0.15, 0.2) is 36.4 Å². The number of piperidine rings is 1. The summed E-state index contributed by atoms with van der Waals surface area (Å²) in [7, 11) is 0. The number of halogens is 2. The van der Waals surface area contributed by atoms with Crippen molar-refractivity contribution in [1.82, 2.24) is 20.2 Å². The van der Waals surface area contributed by atoms with Crippen molar-refractivity contribution in [2.45, 2.75) is 75.5 Å². The first-order chi connectivity index (χ1) is 23.8. The predicted octanol–water partition coefficient (Wildman–Crippen LogP) is 5.75. The van der Waals surface area contributed by atoms with E-state index in [9.17, 15) is 10.2 Å². The summed E-state index contributed by atoms with van der Waals surface area (Å²) in [5.41, 5.74) is 0.301. The van der Waals surface area contributed by atoms with Crippen molar-refractivity contribution in [2.75, 3.05) is 37.7 Å². The van der Waals surface area contributed by atoms with Gasteiger partial charge >= 0.3 is 6.01 Å². The number of rotatable bonds is 8. The van der Waals surface area contributed by atoms with Crippen molar-refractivity contribution in [3.05, 3.63) is 53.6 Å². The number of benzene rings is 3. The van der Waals surface area contributed by atoms with Crippen LogP contribution in [0.2, 0.25) is 0 Å². The molecule has 4 atom stereocenters. The van der Waals surface area contributed by atoms with Crippen molar-refractivity contribution in [1.29, 1.82) is 0 Å². The lowest BCUT2D eigenvalue weighted by Gasteiger charge is -2.40. The van der Waals surface area contributed by atoms with E-state index >= 15 is 8.78 Å². The number of hydrogen-bond donors (Lipinski definition) is 3. The second kappa shape index (κ2) is 11.8. The minimum absolute atomic E-state index is 0.0157. The molecule has 8 nitrogen and oxygen atoms in total. The number of nitrogens with one attached hydrogen (secondary N) is 1. The molecule has 0 spiro atoms. The zero-order valence-corrected chi connectivity index (χ0v) is 27.5. The zero-order valence-electron chi connectivity index (χ0n) is 27.5. The lowest BCUT2D eigenvalue weighted by atomic mass is 9.90. The molecule has 1 aromatic heterocycles. The Hall–Kier alpha value is -4.04. The van der Waals surface area contributed by atoms with Gasteiger partial charge in [-0.1, -0.05) is 18.1 Å². The molecule has 3 aromatic carbocycles. The van der Waals surface area contributed by atoms with Gasteiger partial charge in [-0.05, 0) is 86.9 Å². The molecule has 9 rings (SSSR count). The highest BCUT2D eigenvalue weighted by Crippen LogP contribution is 2.50. The Morgan fingerprint density at radius 1 is 1.02 bits per heavy atom. The van der Waals surface area contributed by atoms with Gasteiger partial charge in [-0.25, -0.2) is 8.78 Å².